The maximum atomic E-state index is 7.32. The summed E-state index contributed by atoms with van der Waals surface area (Å²) < 4.78 is 0. The summed E-state index contributed by atoms with van der Waals surface area (Å²) in [6.45, 7) is 1.43. The van der Waals surface area contributed by atoms with E-state index in [1.807, 2.05) is 0 Å². The molecule has 38 valence electrons. The quantitative estimate of drug-likeness (QED) is 0.564. The molecule has 0 N–H and O–H groups in total. The van der Waals surface area contributed by atoms with Gasteiger partial charge in [0.2, 0.25) is 0 Å². The van der Waals surface area contributed by atoms with Crippen LogP contribution < -0.4 is 0 Å². The van der Waals surface area contributed by atoms with Gasteiger partial charge in [0, 0.05) is 6.92 Å². The van der Waals surface area contributed by atoms with E-state index in [2.05, 4.69) is 0 Å². The molecular formula is C2H3Cl2NRu. The van der Waals surface area contributed by atoms with Gasteiger partial charge in [-0.15, -0.1) is 0 Å². The molecule has 0 aromatic rings. The van der Waals surface area contributed by atoms with Crippen molar-refractivity contribution >= 4 is 19.4 Å². The molecule has 0 rings (SSSR count). The van der Waals surface area contributed by atoms with Gasteiger partial charge in [0.15, 0.2) is 0 Å². The van der Waals surface area contributed by atoms with Crippen molar-refractivity contribution in [2.24, 2.45) is 0 Å². The number of rotatable bonds is 0. The fourth-order valence-electron chi connectivity index (χ4n) is 0. The van der Waals surface area contributed by atoms with Crippen LogP contribution in [0.25, 0.3) is 0 Å². The van der Waals surface area contributed by atoms with Crippen molar-refractivity contribution in [2.75, 3.05) is 0 Å². The Hall–Kier alpha value is 0.693. The Balaban J connectivity index is 0. The van der Waals surface area contributed by atoms with Gasteiger partial charge in [-0.3, -0.25) is 0 Å². The molecule has 0 amide bonds. The standard InChI is InChI=1S/C2H3N.2ClH.Ru/c1-2-3;;;/h1H3;2*1H;/q;;;+2/p-2. The zero-order valence-corrected chi connectivity index (χ0v) is 6.31. The second kappa shape index (κ2) is 17.3. The SMILES string of the molecule is CC#N.[Cl][Ru][Cl]. The van der Waals surface area contributed by atoms with Crippen molar-refractivity contribution in [3.63, 3.8) is 0 Å². The normalized spacial score (nSPS) is 5.00. The molecular weight excluding hydrogens is 210 g/mol. The molecule has 0 heterocycles. The number of nitriles is 1. The minimum atomic E-state index is -0.346. The van der Waals surface area contributed by atoms with E-state index in [-0.39, 0.29) is 15.1 Å². The molecule has 0 aromatic heterocycles. The van der Waals surface area contributed by atoms with Crippen LogP contribution in [0.1, 0.15) is 6.92 Å². The molecule has 0 radical (unpaired) electrons. The van der Waals surface area contributed by atoms with E-state index in [1.54, 1.807) is 6.07 Å². The molecule has 0 aliphatic heterocycles. The summed E-state index contributed by atoms with van der Waals surface area (Å²) in [5.74, 6) is 0. The van der Waals surface area contributed by atoms with Crippen molar-refractivity contribution in [3.05, 3.63) is 0 Å². The van der Waals surface area contributed by atoms with Crippen LogP contribution in [0, 0.1) is 11.3 Å². The Morgan fingerprint density at radius 3 is 1.67 bits per heavy atom. The zero-order chi connectivity index (χ0) is 5.41. The molecule has 0 saturated carbocycles. The molecule has 0 unspecified atom stereocenters. The van der Waals surface area contributed by atoms with Gasteiger partial charge in [0.05, 0.1) is 6.07 Å². The van der Waals surface area contributed by atoms with Crippen molar-refractivity contribution in [3.8, 4) is 6.07 Å². The van der Waals surface area contributed by atoms with Crippen LogP contribution in [0.2, 0.25) is 0 Å². The van der Waals surface area contributed by atoms with E-state index in [1.165, 1.54) is 6.92 Å². The van der Waals surface area contributed by atoms with Crippen LogP contribution in [-0.2, 0) is 15.1 Å². The number of hydrogen-bond acceptors (Lipinski definition) is 1. The third kappa shape index (κ3) is 133. The second-order valence-corrected chi connectivity index (χ2v) is 2.91. The monoisotopic (exact) mass is 213 g/mol. The van der Waals surface area contributed by atoms with E-state index in [0.717, 1.165) is 0 Å². The van der Waals surface area contributed by atoms with Crippen molar-refractivity contribution in [1.82, 2.24) is 0 Å². The predicted molar refractivity (Wildman–Crippen MR) is 23.0 cm³/mol. The van der Waals surface area contributed by atoms with Crippen LogP contribution in [0.3, 0.4) is 0 Å². The maximum absolute atomic E-state index is 7.32. The van der Waals surface area contributed by atoms with Gasteiger partial charge in [-0.2, -0.15) is 5.26 Å². The fourth-order valence-corrected chi connectivity index (χ4v) is 0. The second-order valence-electron chi connectivity index (χ2n) is 0.274. The number of hydrogen-bond donors (Lipinski definition) is 0. The van der Waals surface area contributed by atoms with Gasteiger partial charge in [0.1, 0.15) is 0 Å². The summed E-state index contributed by atoms with van der Waals surface area (Å²) in [6, 6.07) is 1.75. The summed E-state index contributed by atoms with van der Waals surface area (Å²) >= 11 is -0.346. The summed E-state index contributed by atoms with van der Waals surface area (Å²) in [4.78, 5) is 0. The Labute approximate surface area is 52.9 Å². The van der Waals surface area contributed by atoms with E-state index in [0.29, 0.717) is 0 Å². The van der Waals surface area contributed by atoms with Crippen LogP contribution in [0.15, 0.2) is 0 Å². The molecule has 0 aliphatic carbocycles. The number of halogens is 2. The Morgan fingerprint density at radius 2 is 1.67 bits per heavy atom. The molecule has 0 bridgehead atoms. The molecule has 0 aliphatic rings. The summed E-state index contributed by atoms with van der Waals surface area (Å²) in [5.41, 5.74) is 0. The summed E-state index contributed by atoms with van der Waals surface area (Å²) in [5, 5.41) is 7.32. The van der Waals surface area contributed by atoms with E-state index in [9.17, 15) is 0 Å². The van der Waals surface area contributed by atoms with Gasteiger partial charge in [0.25, 0.3) is 0 Å². The van der Waals surface area contributed by atoms with Crippen LogP contribution >= 0.6 is 19.4 Å². The van der Waals surface area contributed by atoms with E-state index >= 15 is 0 Å². The Kier molecular flexibility index (Phi) is 28.4. The molecule has 4 heteroatoms. The Bertz CT molecular complexity index is 41.3. The van der Waals surface area contributed by atoms with Gasteiger partial charge in [-0.1, -0.05) is 0 Å². The van der Waals surface area contributed by atoms with E-state index < -0.39 is 0 Å². The minimum absolute atomic E-state index is 0.346. The molecule has 0 atom stereocenters. The van der Waals surface area contributed by atoms with Crippen molar-refractivity contribution in [1.29, 1.82) is 5.26 Å². The zero-order valence-electron chi connectivity index (χ0n) is 3.06. The molecule has 0 spiro atoms. The van der Waals surface area contributed by atoms with Gasteiger partial charge < -0.3 is 0 Å². The Morgan fingerprint density at radius 1 is 1.67 bits per heavy atom. The van der Waals surface area contributed by atoms with Gasteiger partial charge >= 0.3 is 34.5 Å². The van der Waals surface area contributed by atoms with Gasteiger partial charge in [-0.25, -0.2) is 0 Å². The third-order valence-electron chi connectivity index (χ3n) is 0. The summed E-state index contributed by atoms with van der Waals surface area (Å²) in [6.07, 6.45) is 0. The third-order valence-corrected chi connectivity index (χ3v) is 0. The average Bonchev–Trinajstić information content (AvgIpc) is 1.39. The van der Waals surface area contributed by atoms with Crippen LogP contribution in [0.4, 0.5) is 0 Å². The number of nitrogens with zero attached hydrogens (tertiary/aromatic N) is 1. The molecule has 0 saturated heterocycles. The van der Waals surface area contributed by atoms with Crippen LogP contribution in [-0.4, -0.2) is 0 Å². The van der Waals surface area contributed by atoms with E-state index in [4.69, 9.17) is 24.6 Å². The first-order valence-electron chi connectivity index (χ1n) is 0.991. The molecule has 0 aromatic carbocycles. The molecule has 6 heavy (non-hydrogen) atoms. The van der Waals surface area contributed by atoms with Crippen LogP contribution in [0.5, 0.6) is 0 Å². The first-order valence-corrected chi connectivity index (χ1v) is 5.47. The first-order chi connectivity index (χ1) is 2.83. The fraction of sp³-hybridized carbons (Fsp3) is 0.500. The van der Waals surface area contributed by atoms with Gasteiger partial charge in [-0.05, 0) is 0 Å². The molecule has 0 fully saturated rings. The van der Waals surface area contributed by atoms with Crippen molar-refractivity contribution < 1.29 is 15.1 Å². The predicted octanol–water partition coefficient (Wildman–Crippen LogP) is 1.91. The topological polar surface area (TPSA) is 23.8 Å². The summed E-state index contributed by atoms with van der Waals surface area (Å²) in [7, 11) is 9.71. The average molecular weight is 213 g/mol. The first kappa shape index (κ1) is 9.85. The van der Waals surface area contributed by atoms with Crippen molar-refractivity contribution in [2.45, 2.75) is 6.92 Å². The molecule has 1 nitrogen and oxygen atoms in total.